The molecule has 0 fully saturated rings. The smallest absolute Gasteiger partial charge is 0.254 e. The lowest BCUT2D eigenvalue weighted by Crippen LogP contribution is -2.24. The number of pyridine rings is 1. The monoisotopic (exact) mass is 336 g/mol. The number of rotatable bonds is 5. The largest absolute Gasteiger partial charge is 0.497 e. The van der Waals surface area contributed by atoms with E-state index in [0.717, 1.165) is 22.6 Å². The van der Waals surface area contributed by atoms with Crippen molar-refractivity contribution in [2.45, 2.75) is 6.54 Å². The molecule has 126 valence electrons. The van der Waals surface area contributed by atoms with Crippen molar-refractivity contribution in [2.24, 2.45) is 0 Å². The number of benzene rings is 2. The van der Waals surface area contributed by atoms with Gasteiger partial charge in [-0.05, 0) is 48.0 Å². The van der Waals surface area contributed by atoms with Gasteiger partial charge in [0.2, 0.25) is 0 Å². The van der Waals surface area contributed by atoms with Crippen LogP contribution in [0, 0.1) is 5.82 Å². The third kappa shape index (κ3) is 3.83. The highest BCUT2D eigenvalue weighted by molar-refractivity contribution is 5.94. The molecular weight excluding hydrogens is 319 g/mol. The fourth-order valence-corrected chi connectivity index (χ4v) is 2.51. The summed E-state index contributed by atoms with van der Waals surface area (Å²) in [6.07, 6.45) is 1.70. The third-order valence-electron chi connectivity index (χ3n) is 3.81. The van der Waals surface area contributed by atoms with Gasteiger partial charge in [0.25, 0.3) is 5.91 Å². The molecule has 2 aromatic carbocycles. The first-order valence-electron chi connectivity index (χ1n) is 7.80. The number of methoxy groups -OCH3 is 1. The lowest BCUT2D eigenvalue weighted by Gasteiger charge is -2.11. The van der Waals surface area contributed by atoms with Crippen molar-refractivity contribution in [3.8, 4) is 17.0 Å². The number of hydrogen-bond donors (Lipinski definition) is 1. The maximum Gasteiger partial charge on any atom is 0.254 e. The summed E-state index contributed by atoms with van der Waals surface area (Å²) in [5.41, 5.74) is 2.55. The molecule has 0 spiro atoms. The Hall–Kier alpha value is -3.21. The van der Waals surface area contributed by atoms with Gasteiger partial charge in [0, 0.05) is 18.3 Å². The molecule has 1 heterocycles. The molecule has 0 saturated heterocycles. The Morgan fingerprint density at radius 2 is 1.84 bits per heavy atom. The topological polar surface area (TPSA) is 51.2 Å². The van der Waals surface area contributed by atoms with Crippen molar-refractivity contribution in [1.82, 2.24) is 10.3 Å². The molecule has 3 aromatic rings. The quantitative estimate of drug-likeness (QED) is 0.770. The second-order valence-corrected chi connectivity index (χ2v) is 5.40. The Kier molecular flexibility index (Phi) is 5.04. The van der Waals surface area contributed by atoms with E-state index in [0.29, 0.717) is 0 Å². The van der Waals surface area contributed by atoms with Gasteiger partial charge in [-0.2, -0.15) is 0 Å². The van der Waals surface area contributed by atoms with Crippen LogP contribution in [0.25, 0.3) is 11.3 Å². The van der Waals surface area contributed by atoms with E-state index in [2.05, 4.69) is 10.3 Å². The van der Waals surface area contributed by atoms with Gasteiger partial charge in [0.05, 0.1) is 18.4 Å². The molecule has 0 unspecified atom stereocenters. The van der Waals surface area contributed by atoms with E-state index in [1.807, 2.05) is 30.3 Å². The van der Waals surface area contributed by atoms with E-state index < -0.39 is 11.7 Å². The Labute approximate surface area is 145 Å². The molecule has 3 rings (SSSR count). The van der Waals surface area contributed by atoms with Crippen molar-refractivity contribution >= 4 is 5.91 Å². The van der Waals surface area contributed by atoms with Crippen LogP contribution in [0.3, 0.4) is 0 Å². The first-order valence-corrected chi connectivity index (χ1v) is 7.80. The number of amides is 1. The number of carbonyl (C=O) groups is 1. The molecule has 0 bridgehead atoms. The van der Waals surface area contributed by atoms with Crippen LogP contribution in [0.1, 0.15) is 15.9 Å². The van der Waals surface area contributed by atoms with E-state index in [9.17, 15) is 9.18 Å². The molecular formula is C20H17FN2O2. The molecule has 0 radical (unpaired) electrons. The lowest BCUT2D eigenvalue weighted by molar-refractivity contribution is 0.0947. The van der Waals surface area contributed by atoms with Crippen LogP contribution in [-0.2, 0) is 6.54 Å². The first-order chi connectivity index (χ1) is 12.2. The molecule has 0 atom stereocenters. The molecule has 0 aliphatic rings. The van der Waals surface area contributed by atoms with Crippen molar-refractivity contribution in [3.63, 3.8) is 0 Å². The summed E-state index contributed by atoms with van der Waals surface area (Å²) in [7, 11) is 1.61. The van der Waals surface area contributed by atoms with Crippen LogP contribution in [0.4, 0.5) is 4.39 Å². The number of nitrogens with one attached hydrogen (secondary N) is 1. The lowest BCUT2D eigenvalue weighted by atomic mass is 10.1. The molecule has 1 N–H and O–H groups in total. The standard InChI is InChI=1S/C20H17FN2O2/c1-25-16-10-8-14(9-11-16)19-15(5-4-12-22-19)13-23-20(24)17-6-2-3-7-18(17)21/h2-12H,13H2,1H3,(H,23,24). The first kappa shape index (κ1) is 16.6. The fourth-order valence-electron chi connectivity index (χ4n) is 2.51. The Bertz CT molecular complexity index is 879. The van der Waals surface area contributed by atoms with Gasteiger partial charge in [-0.1, -0.05) is 18.2 Å². The molecule has 0 aliphatic carbocycles. The van der Waals surface area contributed by atoms with Crippen molar-refractivity contribution < 1.29 is 13.9 Å². The summed E-state index contributed by atoms with van der Waals surface area (Å²) in [6.45, 7) is 0.252. The molecule has 4 nitrogen and oxygen atoms in total. The van der Waals surface area contributed by atoms with Crippen LogP contribution in [-0.4, -0.2) is 18.0 Å². The van der Waals surface area contributed by atoms with E-state index in [1.54, 1.807) is 31.5 Å². The zero-order valence-electron chi connectivity index (χ0n) is 13.7. The van der Waals surface area contributed by atoms with Crippen LogP contribution >= 0.6 is 0 Å². The number of halogens is 1. The fraction of sp³-hybridized carbons (Fsp3) is 0.100. The van der Waals surface area contributed by atoms with E-state index in [4.69, 9.17) is 4.74 Å². The summed E-state index contributed by atoms with van der Waals surface area (Å²) in [5.74, 6) is -0.238. The van der Waals surface area contributed by atoms with E-state index in [-0.39, 0.29) is 12.1 Å². The maximum absolute atomic E-state index is 13.7. The van der Waals surface area contributed by atoms with Gasteiger partial charge in [-0.3, -0.25) is 9.78 Å². The molecule has 0 saturated carbocycles. The van der Waals surface area contributed by atoms with E-state index >= 15 is 0 Å². The third-order valence-corrected chi connectivity index (χ3v) is 3.81. The number of nitrogens with zero attached hydrogens (tertiary/aromatic N) is 1. The number of carbonyl (C=O) groups excluding carboxylic acids is 1. The molecule has 5 heteroatoms. The summed E-state index contributed by atoms with van der Waals surface area (Å²) >= 11 is 0. The average molecular weight is 336 g/mol. The van der Waals surface area contributed by atoms with Gasteiger partial charge in [-0.15, -0.1) is 0 Å². The van der Waals surface area contributed by atoms with Crippen LogP contribution < -0.4 is 10.1 Å². The summed E-state index contributed by atoms with van der Waals surface area (Å²) < 4.78 is 18.9. The molecule has 1 aromatic heterocycles. The Balaban J connectivity index is 1.79. The summed E-state index contributed by atoms with van der Waals surface area (Å²) in [5, 5.41) is 2.75. The average Bonchev–Trinajstić information content (AvgIpc) is 2.67. The second-order valence-electron chi connectivity index (χ2n) is 5.40. The van der Waals surface area contributed by atoms with Gasteiger partial charge in [0.1, 0.15) is 11.6 Å². The molecule has 25 heavy (non-hydrogen) atoms. The minimum Gasteiger partial charge on any atom is -0.497 e. The van der Waals surface area contributed by atoms with Crippen molar-refractivity contribution in [3.05, 3.63) is 83.8 Å². The Morgan fingerprint density at radius 1 is 1.08 bits per heavy atom. The highest BCUT2D eigenvalue weighted by Crippen LogP contribution is 2.23. The van der Waals surface area contributed by atoms with Crippen LogP contribution in [0.2, 0.25) is 0 Å². The van der Waals surface area contributed by atoms with Gasteiger partial charge in [-0.25, -0.2) is 4.39 Å². The summed E-state index contributed by atoms with van der Waals surface area (Å²) in [6, 6.07) is 17.1. The molecule has 0 aliphatic heterocycles. The maximum atomic E-state index is 13.7. The van der Waals surface area contributed by atoms with Crippen molar-refractivity contribution in [1.29, 1.82) is 0 Å². The van der Waals surface area contributed by atoms with E-state index in [1.165, 1.54) is 12.1 Å². The van der Waals surface area contributed by atoms with Crippen LogP contribution in [0.5, 0.6) is 5.75 Å². The van der Waals surface area contributed by atoms with Crippen LogP contribution in [0.15, 0.2) is 66.9 Å². The summed E-state index contributed by atoms with van der Waals surface area (Å²) in [4.78, 5) is 16.6. The minimum atomic E-state index is -0.540. The zero-order chi connectivity index (χ0) is 17.6. The number of aromatic nitrogens is 1. The van der Waals surface area contributed by atoms with Gasteiger partial charge < -0.3 is 10.1 Å². The number of hydrogen-bond acceptors (Lipinski definition) is 3. The minimum absolute atomic E-state index is 0.0254. The predicted molar refractivity (Wildman–Crippen MR) is 93.8 cm³/mol. The van der Waals surface area contributed by atoms with Gasteiger partial charge >= 0.3 is 0 Å². The number of ether oxygens (including phenoxy) is 1. The highest BCUT2D eigenvalue weighted by atomic mass is 19.1. The van der Waals surface area contributed by atoms with Gasteiger partial charge in [0.15, 0.2) is 0 Å². The zero-order valence-corrected chi connectivity index (χ0v) is 13.7. The second kappa shape index (κ2) is 7.57. The normalized spacial score (nSPS) is 10.3. The Morgan fingerprint density at radius 3 is 2.56 bits per heavy atom. The predicted octanol–water partition coefficient (Wildman–Crippen LogP) is 3.83. The molecule has 1 amide bonds. The van der Waals surface area contributed by atoms with Crippen molar-refractivity contribution in [2.75, 3.05) is 7.11 Å². The SMILES string of the molecule is COc1ccc(-c2ncccc2CNC(=O)c2ccccc2F)cc1. The highest BCUT2D eigenvalue weighted by Gasteiger charge is 2.12.